The van der Waals surface area contributed by atoms with E-state index in [0.717, 1.165) is 4.90 Å². The molecule has 1 amide bonds. The van der Waals surface area contributed by atoms with E-state index >= 15 is 0 Å². The fraction of sp³-hybridized carbons (Fsp3) is 0.357. The molecule has 0 radical (unpaired) electrons. The third-order valence-corrected chi connectivity index (χ3v) is 6.35. The van der Waals surface area contributed by atoms with Crippen molar-refractivity contribution in [3.8, 4) is 0 Å². The van der Waals surface area contributed by atoms with Gasteiger partial charge in [0, 0.05) is 16.7 Å². The maximum absolute atomic E-state index is 12.0. The molecule has 2 rings (SSSR count). The Morgan fingerprint density at radius 1 is 1.45 bits per heavy atom. The third kappa shape index (κ3) is 3.86. The van der Waals surface area contributed by atoms with Crippen molar-refractivity contribution in [2.24, 2.45) is 0 Å². The standard InChI is InChI=1S/C14H17NO3S2/c1-2-8-15-14(16)12-5-3-4-6-13(12)19-11-7-9-20(17,18)10-11/h2-6,11H,1,7-10H2,(H,15,16)/t11-/m0/s1. The van der Waals surface area contributed by atoms with Crippen LogP contribution in [0.25, 0.3) is 0 Å². The van der Waals surface area contributed by atoms with Gasteiger partial charge in [-0.05, 0) is 18.6 Å². The SMILES string of the molecule is C=CCNC(=O)c1ccccc1S[C@H]1CCS(=O)(=O)C1. The summed E-state index contributed by atoms with van der Waals surface area (Å²) in [5.74, 6) is 0.282. The molecule has 0 aromatic heterocycles. The second kappa shape index (κ2) is 6.45. The zero-order chi connectivity index (χ0) is 14.6. The number of carbonyl (C=O) groups excluding carboxylic acids is 1. The second-order valence-electron chi connectivity index (χ2n) is 4.64. The van der Waals surface area contributed by atoms with Crippen LogP contribution in [0.2, 0.25) is 0 Å². The van der Waals surface area contributed by atoms with Gasteiger partial charge >= 0.3 is 0 Å². The summed E-state index contributed by atoms with van der Waals surface area (Å²) < 4.78 is 23.0. The third-order valence-electron chi connectivity index (χ3n) is 3.02. The maximum Gasteiger partial charge on any atom is 0.252 e. The molecule has 1 aromatic rings. The van der Waals surface area contributed by atoms with Gasteiger partial charge in [-0.2, -0.15) is 0 Å². The van der Waals surface area contributed by atoms with Gasteiger partial charge < -0.3 is 5.32 Å². The second-order valence-corrected chi connectivity index (χ2v) is 8.21. The predicted molar refractivity (Wildman–Crippen MR) is 81.9 cm³/mol. The molecule has 0 aliphatic carbocycles. The molecule has 1 aromatic carbocycles. The van der Waals surface area contributed by atoms with Crippen molar-refractivity contribution in [3.63, 3.8) is 0 Å². The lowest BCUT2D eigenvalue weighted by atomic mass is 10.2. The van der Waals surface area contributed by atoms with Crippen molar-refractivity contribution in [3.05, 3.63) is 42.5 Å². The summed E-state index contributed by atoms with van der Waals surface area (Å²) in [6.07, 6.45) is 2.27. The Labute approximate surface area is 123 Å². The fourth-order valence-electron chi connectivity index (χ4n) is 2.05. The number of amides is 1. The molecule has 1 fully saturated rings. The summed E-state index contributed by atoms with van der Waals surface area (Å²) in [6, 6.07) is 7.27. The zero-order valence-corrected chi connectivity index (χ0v) is 12.7. The molecule has 1 aliphatic heterocycles. The average molecular weight is 311 g/mol. The van der Waals surface area contributed by atoms with Crippen LogP contribution in [0.1, 0.15) is 16.8 Å². The highest BCUT2D eigenvalue weighted by Gasteiger charge is 2.29. The van der Waals surface area contributed by atoms with Gasteiger partial charge in [-0.15, -0.1) is 18.3 Å². The monoisotopic (exact) mass is 311 g/mol. The fourth-order valence-corrected chi connectivity index (χ4v) is 5.68. The van der Waals surface area contributed by atoms with E-state index in [0.29, 0.717) is 18.5 Å². The lowest BCUT2D eigenvalue weighted by molar-refractivity contribution is 0.0955. The molecule has 0 spiro atoms. The average Bonchev–Trinajstić information content (AvgIpc) is 2.76. The van der Waals surface area contributed by atoms with Crippen LogP contribution in [0.4, 0.5) is 0 Å². The first kappa shape index (κ1) is 15.1. The molecule has 1 saturated heterocycles. The van der Waals surface area contributed by atoms with Gasteiger partial charge in [-0.1, -0.05) is 18.2 Å². The van der Waals surface area contributed by atoms with Gasteiger partial charge in [-0.25, -0.2) is 8.42 Å². The number of sulfone groups is 1. The van der Waals surface area contributed by atoms with Crippen LogP contribution < -0.4 is 5.32 Å². The Balaban J connectivity index is 2.12. The lowest BCUT2D eigenvalue weighted by Crippen LogP contribution is -2.24. The topological polar surface area (TPSA) is 63.2 Å². The van der Waals surface area contributed by atoms with E-state index in [4.69, 9.17) is 0 Å². The first-order valence-electron chi connectivity index (χ1n) is 6.37. The summed E-state index contributed by atoms with van der Waals surface area (Å²) in [5, 5.41) is 2.78. The predicted octanol–water partition coefficient (Wildman–Crippen LogP) is 1.88. The number of carbonyl (C=O) groups is 1. The minimum absolute atomic E-state index is 0.0355. The Morgan fingerprint density at radius 3 is 2.85 bits per heavy atom. The molecule has 0 bridgehead atoms. The smallest absolute Gasteiger partial charge is 0.252 e. The Morgan fingerprint density at radius 2 is 2.20 bits per heavy atom. The van der Waals surface area contributed by atoms with Crippen molar-refractivity contribution in [2.75, 3.05) is 18.1 Å². The van der Waals surface area contributed by atoms with Crippen LogP contribution in [-0.4, -0.2) is 37.6 Å². The van der Waals surface area contributed by atoms with Crippen LogP contribution in [0.3, 0.4) is 0 Å². The molecular weight excluding hydrogens is 294 g/mol. The Bertz CT molecular complexity index is 611. The molecule has 0 saturated carbocycles. The number of benzene rings is 1. The highest BCUT2D eigenvalue weighted by molar-refractivity contribution is 8.02. The number of hydrogen-bond donors (Lipinski definition) is 1. The molecule has 1 atom stereocenters. The van der Waals surface area contributed by atoms with Gasteiger partial charge in [0.2, 0.25) is 0 Å². The minimum atomic E-state index is -2.90. The van der Waals surface area contributed by atoms with E-state index in [1.165, 1.54) is 11.8 Å². The van der Waals surface area contributed by atoms with Crippen molar-refractivity contribution in [1.82, 2.24) is 5.32 Å². The quantitative estimate of drug-likeness (QED) is 0.843. The largest absolute Gasteiger partial charge is 0.349 e. The lowest BCUT2D eigenvalue weighted by Gasteiger charge is -2.12. The van der Waals surface area contributed by atoms with E-state index in [9.17, 15) is 13.2 Å². The molecule has 1 aliphatic rings. The van der Waals surface area contributed by atoms with Crippen LogP contribution in [0.5, 0.6) is 0 Å². The molecule has 1 N–H and O–H groups in total. The van der Waals surface area contributed by atoms with E-state index in [2.05, 4.69) is 11.9 Å². The van der Waals surface area contributed by atoms with Gasteiger partial charge in [-0.3, -0.25) is 4.79 Å². The zero-order valence-electron chi connectivity index (χ0n) is 11.0. The molecule has 0 unspecified atom stereocenters. The van der Waals surface area contributed by atoms with E-state index in [1.807, 2.05) is 12.1 Å². The highest BCUT2D eigenvalue weighted by Crippen LogP contribution is 2.32. The summed E-state index contributed by atoms with van der Waals surface area (Å²) in [5.41, 5.74) is 0.587. The first-order chi connectivity index (χ1) is 9.52. The minimum Gasteiger partial charge on any atom is -0.349 e. The number of nitrogens with one attached hydrogen (secondary N) is 1. The van der Waals surface area contributed by atoms with Crippen LogP contribution >= 0.6 is 11.8 Å². The van der Waals surface area contributed by atoms with Crippen molar-refractivity contribution in [1.29, 1.82) is 0 Å². The summed E-state index contributed by atoms with van der Waals surface area (Å²) in [6.45, 7) is 3.97. The van der Waals surface area contributed by atoms with Crippen molar-refractivity contribution < 1.29 is 13.2 Å². The van der Waals surface area contributed by atoms with Crippen molar-refractivity contribution >= 4 is 27.5 Å². The van der Waals surface area contributed by atoms with Gasteiger partial charge in [0.05, 0.1) is 17.1 Å². The summed E-state index contributed by atoms with van der Waals surface area (Å²) in [4.78, 5) is 12.9. The number of thioether (sulfide) groups is 1. The van der Waals surface area contributed by atoms with Crippen LogP contribution in [0.15, 0.2) is 41.8 Å². The number of rotatable bonds is 5. The summed E-state index contributed by atoms with van der Waals surface area (Å²) in [7, 11) is -2.90. The molecule has 6 heteroatoms. The van der Waals surface area contributed by atoms with Gasteiger partial charge in [0.15, 0.2) is 9.84 Å². The van der Waals surface area contributed by atoms with Crippen molar-refractivity contribution in [2.45, 2.75) is 16.6 Å². The molecule has 108 valence electrons. The first-order valence-corrected chi connectivity index (χ1v) is 9.07. The molecule has 4 nitrogen and oxygen atoms in total. The summed E-state index contributed by atoms with van der Waals surface area (Å²) >= 11 is 1.48. The van der Waals surface area contributed by atoms with E-state index in [1.54, 1.807) is 18.2 Å². The van der Waals surface area contributed by atoms with Crippen LogP contribution in [-0.2, 0) is 9.84 Å². The normalized spacial score (nSPS) is 20.5. The Kier molecular flexibility index (Phi) is 4.88. The van der Waals surface area contributed by atoms with Gasteiger partial charge in [0.1, 0.15) is 0 Å². The Hall–Kier alpha value is -1.27. The van der Waals surface area contributed by atoms with Crippen LogP contribution in [0, 0.1) is 0 Å². The van der Waals surface area contributed by atoms with E-state index < -0.39 is 9.84 Å². The molecule has 20 heavy (non-hydrogen) atoms. The molecular formula is C14H17NO3S2. The van der Waals surface area contributed by atoms with E-state index in [-0.39, 0.29) is 22.7 Å². The van der Waals surface area contributed by atoms with Gasteiger partial charge in [0.25, 0.3) is 5.91 Å². The number of hydrogen-bond acceptors (Lipinski definition) is 4. The molecule has 1 heterocycles. The maximum atomic E-state index is 12.0. The highest BCUT2D eigenvalue weighted by atomic mass is 32.2.